The molecule has 1 aliphatic rings. The van der Waals surface area contributed by atoms with E-state index in [1.165, 1.54) is 11.2 Å². The van der Waals surface area contributed by atoms with Crippen LogP contribution in [0.4, 0.5) is 4.39 Å². The summed E-state index contributed by atoms with van der Waals surface area (Å²) in [6, 6.07) is 0. The van der Waals surface area contributed by atoms with Crippen molar-refractivity contribution in [1.29, 1.82) is 0 Å². The first-order valence-corrected chi connectivity index (χ1v) is 2.70. The molecule has 0 bridgehead atoms. The maximum absolute atomic E-state index is 11.5. The van der Waals surface area contributed by atoms with E-state index in [1.54, 1.807) is 0 Å². The van der Waals surface area contributed by atoms with Crippen LogP contribution >= 0.6 is 0 Å². The van der Waals surface area contributed by atoms with Gasteiger partial charge < -0.3 is 0 Å². The number of rotatable bonds is 2. The summed E-state index contributed by atoms with van der Waals surface area (Å²) in [5.41, 5.74) is 0. The second-order valence-electron chi connectivity index (χ2n) is 1.79. The molecule has 0 fully saturated rings. The van der Waals surface area contributed by atoms with Gasteiger partial charge in [-0.1, -0.05) is 0 Å². The molecule has 0 aromatic heterocycles. The lowest BCUT2D eigenvalue weighted by Gasteiger charge is -2.07. The summed E-state index contributed by atoms with van der Waals surface area (Å²) in [5, 5.41) is 5.03. The number of carbonyl (C=O) groups excluding carboxylic acids is 1. The molecule has 0 aromatic carbocycles. The van der Waals surface area contributed by atoms with Gasteiger partial charge in [0.05, 0.1) is 12.8 Å². The molecule has 3 nitrogen and oxygen atoms in total. The summed E-state index contributed by atoms with van der Waals surface area (Å²) in [7, 11) is 0. The minimum absolute atomic E-state index is 0.0524. The van der Waals surface area contributed by atoms with Crippen molar-refractivity contribution >= 4 is 12.0 Å². The summed E-state index contributed by atoms with van der Waals surface area (Å²) < 4.78 is 11.5. The van der Waals surface area contributed by atoms with Crippen LogP contribution in [-0.2, 0) is 4.79 Å². The van der Waals surface area contributed by atoms with Crippen molar-refractivity contribution in [3.8, 4) is 0 Å². The van der Waals surface area contributed by atoms with E-state index in [4.69, 9.17) is 0 Å². The van der Waals surface area contributed by atoms with Gasteiger partial charge in [-0.15, -0.1) is 0 Å². The molecular weight excluding hydrogens is 123 g/mol. The van der Waals surface area contributed by atoms with Crippen molar-refractivity contribution in [2.45, 2.75) is 0 Å². The predicted octanol–water partition coefficient (Wildman–Crippen LogP) is -0.174. The molecule has 4 heteroatoms. The zero-order chi connectivity index (χ0) is 6.69. The molecule has 0 atom stereocenters. The molecule has 0 spiro atoms. The average molecular weight is 130 g/mol. The molecule has 0 aromatic rings. The fraction of sp³-hybridized carbons (Fsp3) is 0.600. The lowest BCUT2D eigenvalue weighted by Crippen LogP contribution is -2.20. The fourth-order valence-corrected chi connectivity index (χ4v) is 0.642. The monoisotopic (exact) mass is 130 g/mol. The molecule has 1 aliphatic heterocycles. The van der Waals surface area contributed by atoms with Crippen LogP contribution in [0.3, 0.4) is 0 Å². The van der Waals surface area contributed by atoms with Crippen LogP contribution in [-0.4, -0.2) is 36.8 Å². The number of ketones is 1. The zero-order valence-electron chi connectivity index (χ0n) is 4.88. The van der Waals surface area contributed by atoms with Crippen LogP contribution in [0.15, 0.2) is 5.10 Å². The first-order valence-electron chi connectivity index (χ1n) is 2.70. The van der Waals surface area contributed by atoms with Crippen molar-refractivity contribution in [3.05, 3.63) is 0 Å². The van der Waals surface area contributed by atoms with Crippen LogP contribution in [0.1, 0.15) is 0 Å². The zero-order valence-corrected chi connectivity index (χ0v) is 4.88. The molecule has 9 heavy (non-hydrogen) atoms. The van der Waals surface area contributed by atoms with Gasteiger partial charge in [-0.25, -0.2) is 4.39 Å². The number of hydrogen-bond acceptors (Lipinski definition) is 3. The van der Waals surface area contributed by atoms with Gasteiger partial charge in [0.25, 0.3) is 0 Å². The van der Waals surface area contributed by atoms with Crippen molar-refractivity contribution in [1.82, 2.24) is 5.01 Å². The normalized spacial score (nSPS) is 17.4. The van der Waals surface area contributed by atoms with Crippen LogP contribution < -0.4 is 0 Å². The lowest BCUT2D eigenvalue weighted by molar-refractivity contribution is -0.112. The Balaban J connectivity index is 2.32. The van der Waals surface area contributed by atoms with E-state index < -0.39 is 6.67 Å². The smallest absolute Gasteiger partial charge is 0.196 e. The fourth-order valence-electron chi connectivity index (χ4n) is 0.642. The summed E-state index contributed by atoms with van der Waals surface area (Å²) in [6.45, 7) is 0.0107. The minimum Gasteiger partial charge on any atom is -0.291 e. The largest absolute Gasteiger partial charge is 0.291 e. The van der Waals surface area contributed by atoms with Crippen molar-refractivity contribution < 1.29 is 9.18 Å². The second-order valence-corrected chi connectivity index (χ2v) is 1.79. The number of nitrogens with zero attached hydrogens (tertiary/aromatic N) is 2. The third kappa shape index (κ3) is 1.48. The third-order valence-electron chi connectivity index (χ3n) is 1.05. The van der Waals surface area contributed by atoms with Crippen molar-refractivity contribution in [3.63, 3.8) is 0 Å². The number of halogens is 1. The van der Waals surface area contributed by atoms with Crippen LogP contribution in [0.25, 0.3) is 0 Å². The molecule has 1 rings (SSSR count). The van der Waals surface area contributed by atoms with Gasteiger partial charge in [0.15, 0.2) is 5.78 Å². The minimum atomic E-state index is -0.454. The van der Waals surface area contributed by atoms with E-state index >= 15 is 0 Å². The molecule has 0 N–H and O–H groups in total. The maximum Gasteiger partial charge on any atom is 0.196 e. The van der Waals surface area contributed by atoms with E-state index in [0.717, 1.165) is 0 Å². The number of hydrazone groups is 1. The summed E-state index contributed by atoms with van der Waals surface area (Å²) >= 11 is 0. The van der Waals surface area contributed by atoms with Gasteiger partial charge in [-0.2, -0.15) is 5.10 Å². The summed E-state index contributed by atoms with van der Waals surface area (Å²) in [5.74, 6) is -0.0524. The maximum atomic E-state index is 11.5. The quantitative estimate of drug-likeness (QED) is 0.519. The molecule has 1 heterocycles. The Morgan fingerprint density at radius 3 is 3.11 bits per heavy atom. The standard InChI is InChI=1S/C5H7FN2O/c6-1-2-8-4-5(9)3-7-8/h3H,1-2,4H2. The molecule has 0 radical (unpaired) electrons. The van der Waals surface area contributed by atoms with Crippen molar-refractivity contribution in [2.75, 3.05) is 19.8 Å². The summed E-state index contributed by atoms with van der Waals surface area (Å²) in [4.78, 5) is 10.4. The number of hydrogen-bond donors (Lipinski definition) is 0. The predicted molar refractivity (Wildman–Crippen MR) is 31.0 cm³/mol. The number of alkyl halides is 1. The Morgan fingerprint density at radius 2 is 2.67 bits per heavy atom. The summed E-state index contributed by atoms with van der Waals surface area (Å²) in [6.07, 6.45) is 1.22. The molecule has 0 saturated heterocycles. The molecular formula is C5H7FN2O. The van der Waals surface area contributed by atoms with Gasteiger partial charge in [-0.05, 0) is 0 Å². The van der Waals surface area contributed by atoms with Gasteiger partial charge in [0.1, 0.15) is 13.2 Å². The average Bonchev–Trinajstić information content (AvgIpc) is 2.17. The van der Waals surface area contributed by atoms with E-state index in [2.05, 4.69) is 5.10 Å². The van der Waals surface area contributed by atoms with Gasteiger partial charge in [0.2, 0.25) is 0 Å². The van der Waals surface area contributed by atoms with Crippen LogP contribution in [0, 0.1) is 0 Å². The van der Waals surface area contributed by atoms with Gasteiger partial charge in [-0.3, -0.25) is 9.80 Å². The Bertz CT molecular complexity index is 146. The number of carbonyl (C=O) groups is 1. The van der Waals surface area contributed by atoms with Gasteiger partial charge in [0, 0.05) is 0 Å². The van der Waals surface area contributed by atoms with Crippen LogP contribution in [0.2, 0.25) is 0 Å². The highest BCUT2D eigenvalue weighted by molar-refractivity contribution is 6.29. The van der Waals surface area contributed by atoms with Crippen molar-refractivity contribution in [2.24, 2.45) is 5.10 Å². The van der Waals surface area contributed by atoms with E-state index in [1.807, 2.05) is 0 Å². The highest BCUT2D eigenvalue weighted by atomic mass is 19.1. The second kappa shape index (κ2) is 2.57. The first-order chi connectivity index (χ1) is 4.33. The van der Waals surface area contributed by atoms with E-state index in [0.29, 0.717) is 0 Å². The SMILES string of the molecule is O=C1C=NN(CCF)C1. The Hall–Kier alpha value is -0.930. The Labute approximate surface area is 52.1 Å². The van der Waals surface area contributed by atoms with Gasteiger partial charge >= 0.3 is 0 Å². The van der Waals surface area contributed by atoms with E-state index in [-0.39, 0.29) is 18.9 Å². The first kappa shape index (κ1) is 6.19. The van der Waals surface area contributed by atoms with Crippen LogP contribution in [0.5, 0.6) is 0 Å². The highest BCUT2D eigenvalue weighted by Crippen LogP contribution is 1.94. The molecule has 0 unspecified atom stereocenters. The molecule has 0 amide bonds. The highest BCUT2D eigenvalue weighted by Gasteiger charge is 2.11. The number of Topliss-reactive ketones (excluding diaryl/α,β-unsaturated/α-hetero) is 1. The van der Waals surface area contributed by atoms with E-state index in [9.17, 15) is 9.18 Å². The third-order valence-corrected chi connectivity index (χ3v) is 1.05. The Morgan fingerprint density at radius 1 is 1.89 bits per heavy atom. The molecule has 0 aliphatic carbocycles. The lowest BCUT2D eigenvalue weighted by atomic mass is 10.4. The molecule has 0 saturated carbocycles. The molecule has 50 valence electrons. The Kier molecular flexibility index (Phi) is 1.77. The topological polar surface area (TPSA) is 32.7 Å².